The van der Waals surface area contributed by atoms with Crippen LogP contribution < -0.4 is 0 Å². The van der Waals surface area contributed by atoms with Crippen LogP contribution in [0, 0.1) is 11.8 Å². The maximum Gasteiger partial charge on any atom is 0.407 e. The molecule has 23 heavy (non-hydrogen) atoms. The van der Waals surface area contributed by atoms with Crippen LogP contribution in [0.3, 0.4) is 0 Å². The Morgan fingerprint density at radius 2 is 1.70 bits per heavy atom. The second kappa shape index (κ2) is 11.7. The van der Waals surface area contributed by atoms with Gasteiger partial charge in [-0.2, -0.15) is 0 Å². The number of carboxylic acid groups (broad SMARTS) is 1. The number of aliphatic hydroxyl groups excluding tert-OH is 1. The molecular weight excluding hydrogens is 292 g/mol. The summed E-state index contributed by atoms with van der Waals surface area (Å²) in [7, 11) is 1.67. The van der Waals surface area contributed by atoms with Crippen LogP contribution >= 0.6 is 0 Å². The molecule has 1 aliphatic carbocycles. The van der Waals surface area contributed by atoms with Crippen LogP contribution in [-0.4, -0.2) is 65.9 Å². The summed E-state index contributed by atoms with van der Waals surface area (Å²) >= 11 is 0. The monoisotopic (exact) mass is 328 g/mol. The van der Waals surface area contributed by atoms with E-state index in [0.717, 1.165) is 25.6 Å². The van der Waals surface area contributed by atoms with Crippen molar-refractivity contribution in [3.05, 3.63) is 0 Å². The van der Waals surface area contributed by atoms with E-state index in [2.05, 4.69) is 11.8 Å². The van der Waals surface area contributed by atoms with Crippen molar-refractivity contribution in [2.75, 3.05) is 39.8 Å². The Labute approximate surface area is 141 Å². The molecule has 0 spiro atoms. The highest BCUT2D eigenvalue weighted by molar-refractivity contribution is 5.64. The summed E-state index contributed by atoms with van der Waals surface area (Å²) in [5, 5.41) is 17.9. The van der Waals surface area contributed by atoms with Crippen LogP contribution in [0.15, 0.2) is 0 Å². The molecule has 0 radical (unpaired) electrons. The van der Waals surface area contributed by atoms with Gasteiger partial charge in [0.05, 0.1) is 6.61 Å². The summed E-state index contributed by atoms with van der Waals surface area (Å²) in [5.41, 5.74) is 0. The van der Waals surface area contributed by atoms with Gasteiger partial charge in [0.1, 0.15) is 0 Å². The smallest absolute Gasteiger partial charge is 0.407 e. The van der Waals surface area contributed by atoms with Crippen LogP contribution in [0.5, 0.6) is 0 Å². The molecule has 1 fully saturated rings. The molecule has 0 bridgehead atoms. The van der Waals surface area contributed by atoms with Crippen molar-refractivity contribution in [2.24, 2.45) is 11.8 Å². The second-order valence-electron chi connectivity index (χ2n) is 7.06. The molecule has 0 aromatic carbocycles. The summed E-state index contributed by atoms with van der Waals surface area (Å²) in [4.78, 5) is 14.6. The largest absolute Gasteiger partial charge is 0.465 e. The SMILES string of the molecule is CCN(CCO)CCCCCC1CCC(CN(C)C(=O)O)CC1. The summed E-state index contributed by atoms with van der Waals surface area (Å²) in [6.07, 6.45) is 9.23. The standard InChI is InChI=1S/C18H36N2O3/c1-3-20(13-14-21)12-6-4-5-7-16-8-10-17(11-9-16)15-19(2)18(22)23/h16-17,21H,3-15H2,1-2H3,(H,22,23). The quantitative estimate of drug-likeness (QED) is 0.571. The van der Waals surface area contributed by atoms with E-state index in [1.165, 1.54) is 56.3 Å². The molecular formula is C18H36N2O3. The van der Waals surface area contributed by atoms with E-state index in [0.29, 0.717) is 12.5 Å². The minimum Gasteiger partial charge on any atom is -0.465 e. The molecule has 0 unspecified atom stereocenters. The van der Waals surface area contributed by atoms with E-state index in [1.54, 1.807) is 7.05 Å². The molecule has 0 aliphatic heterocycles. The summed E-state index contributed by atoms with van der Waals surface area (Å²) in [5.74, 6) is 1.41. The third-order valence-electron chi connectivity index (χ3n) is 5.28. The average molecular weight is 328 g/mol. The Hall–Kier alpha value is -0.810. The van der Waals surface area contributed by atoms with Gasteiger partial charge < -0.3 is 20.0 Å². The van der Waals surface area contributed by atoms with Gasteiger partial charge in [-0.05, 0) is 44.2 Å². The Morgan fingerprint density at radius 1 is 1.04 bits per heavy atom. The van der Waals surface area contributed by atoms with Crippen LogP contribution in [0.4, 0.5) is 4.79 Å². The fourth-order valence-electron chi connectivity index (χ4n) is 3.68. The molecule has 2 N–H and O–H groups in total. The Morgan fingerprint density at radius 3 is 2.26 bits per heavy atom. The Balaban J connectivity index is 2.05. The van der Waals surface area contributed by atoms with Gasteiger partial charge in [0.25, 0.3) is 0 Å². The number of hydrogen-bond acceptors (Lipinski definition) is 3. The van der Waals surface area contributed by atoms with Crippen LogP contribution in [-0.2, 0) is 0 Å². The van der Waals surface area contributed by atoms with Crippen molar-refractivity contribution in [3.63, 3.8) is 0 Å². The number of aliphatic hydroxyl groups is 1. The van der Waals surface area contributed by atoms with Crippen molar-refractivity contribution >= 4 is 6.09 Å². The van der Waals surface area contributed by atoms with E-state index in [-0.39, 0.29) is 6.61 Å². The van der Waals surface area contributed by atoms with Crippen molar-refractivity contribution in [3.8, 4) is 0 Å². The number of carbonyl (C=O) groups is 1. The third-order valence-corrected chi connectivity index (χ3v) is 5.28. The lowest BCUT2D eigenvalue weighted by atomic mass is 9.79. The highest BCUT2D eigenvalue weighted by Crippen LogP contribution is 2.32. The molecule has 0 saturated heterocycles. The van der Waals surface area contributed by atoms with Crippen molar-refractivity contribution in [1.82, 2.24) is 9.80 Å². The lowest BCUT2D eigenvalue weighted by Crippen LogP contribution is -2.32. The second-order valence-corrected chi connectivity index (χ2v) is 7.06. The summed E-state index contributed by atoms with van der Waals surface area (Å²) in [6.45, 7) is 6.02. The molecule has 5 nitrogen and oxygen atoms in total. The molecule has 136 valence electrons. The molecule has 0 atom stereocenters. The van der Waals surface area contributed by atoms with Gasteiger partial charge >= 0.3 is 6.09 Å². The first-order valence-corrected chi connectivity index (χ1v) is 9.34. The first-order valence-electron chi connectivity index (χ1n) is 9.34. The predicted molar refractivity (Wildman–Crippen MR) is 93.8 cm³/mol. The van der Waals surface area contributed by atoms with Gasteiger partial charge in [-0.15, -0.1) is 0 Å². The zero-order valence-electron chi connectivity index (χ0n) is 15.0. The third kappa shape index (κ3) is 8.56. The first kappa shape index (κ1) is 20.2. The number of hydrogen-bond donors (Lipinski definition) is 2. The van der Waals surface area contributed by atoms with E-state index >= 15 is 0 Å². The van der Waals surface area contributed by atoms with Gasteiger partial charge in [0.2, 0.25) is 0 Å². The number of nitrogens with zero attached hydrogens (tertiary/aromatic N) is 2. The maximum absolute atomic E-state index is 10.9. The molecule has 5 heteroatoms. The number of unbranched alkanes of at least 4 members (excludes halogenated alkanes) is 2. The van der Waals surface area contributed by atoms with E-state index < -0.39 is 6.09 Å². The zero-order valence-corrected chi connectivity index (χ0v) is 15.0. The molecule has 1 amide bonds. The normalized spacial score (nSPS) is 21.6. The molecule has 1 saturated carbocycles. The molecule has 1 rings (SSSR count). The Bertz CT molecular complexity index is 317. The maximum atomic E-state index is 10.9. The van der Waals surface area contributed by atoms with Crippen LogP contribution in [0.25, 0.3) is 0 Å². The minimum atomic E-state index is -0.811. The number of likely N-dealkylation sites (N-methyl/N-ethyl adjacent to an activating group) is 1. The lowest BCUT2D eigenvalue weighted by Gasteiger charge is -2.30. The Kier molecular flexibility index (Phi) is 10.3. The molecule has 0 heterocycles. The fraction of sp³-hybridized carbons (Fsp3) is 0.944. The van der Waals surface area contributed by atoms with Crippen molar-refractivity contribution in [1.29, 1.82) is 0 Å². The number of amides is 1. The zero-order chi connectivity index (χ0) is 17.1. The van der Waals surface area contributed by atoms with Crippen LogP contribution in [0.2, 0.25) is 0 Å². The fourth-order valence-corrected chi connectivity index (χ4v) is 3.68. The molecule has 1 aliphatic rings. The van der Waals surface area contributed by atoms with Crippen molar-refractivity contribution < 1.29 is 15.0 Å². The predicted octanol–water partition coefficient (Wildman–Crippen LogP) is 3.28. The van der Waals surface area contributed by atoms with Crippen molar-refractivity contribution in [2.45, 2.75) is 58.3 Å². The van der Waals surface area contributed by atoms with Gasteiger partial charge in [-0.1, -0.05) is 39.0 Å². The van der Waals surface area contributed by atoms with Gasteiger partial charge in [-0.25, -0.2) is 4.79 Å². The molecule has 0 aromatic rings. The average Bonchev–Trinajstić information content (AvgIpc) is 2.54. The lowest BCUT2D eigenvalue weighted by molar-refractivity contribution is 0.138. The van der Waals surface area contributed by atoms with Gasteiger partial charge in [0, 0.05) is 20.1 Å². The minimum absolute atomic E-state index is 0.258. The van der Waals surface area contributed by atoms with E-state index in [4.69, 9.17) is 10.2 Å². The van der Waals surface area contributed by atoms with E-state index in [1.807, 2.05) is 0 Å². The van der Waals surface area contributed by atoms with Gasteiger partial charge in [0.15, 0.2) is 0 Å². The number of rotatable bonds is 11. The van der Waals surface area contributed by atoms with Crippen LogP contribution in [0.1, 0.15) is 58.3 Å². The topological polar surface area (TPSA) is 64.0 Å². The van der Waals surface area contributed by atoms with E-state index in [9.17, 15) is 4.79 Å². The summed E-state index contributed by atoms with van der Waals surface area (Å²) in [6, 6.07) is 0. The van der Waals surface area contributed by atoms with Gasteiger partial charge in [-0.3, -0.25) is 0 Å². The first-order chi connectivity index (χ1) is 11.1. The highest BCUT2D eigenvalue weighted by Gasteiger charge is 2.22. The molecule has 0 aromatic heterocycles. The highest BCUT2D eigenvalue weighted by atomic mass is 16.4. The summed E-state index contributed by atoms with van der Waals surface area (Å²) < 4.78 is 0.